The van der Waals surface area contributed by atoms with Gasteiger partial charge >= 0.3 is 0 Å². The molecule has 2 aromatic rings. The summed E-state index contributed by atoms with van der Waals surface area (Å²) in [6.07, 6.45) is 1.59. The van der Waals surface area contributed by atoms with Crippen LogP contribution in [-0.2, 0) is 6.54 Å². The molecule has 0 saturated carbocycles. The van der Waals surface area contributed by atoms with E-state index in [-0.39, 0.29) is 17.7 Å². The first kappa shape index (κ1) is 12.1. The maximum Gasteiger partial charge on any atom is 0.268 e. The van der Waals surface area contributed by atoms with Gasteiger partial charge in [-0.15, -0.1) is 11.3 Å². The highest BCUT2D eigenvalue weighted by Gasteiger charge is 2.08. The van der Waals surface area contributed by atoms with Crippen molar-refractivity contribution in [3.05, 3.63) is 47.4 Å². The Bertz CT molecular complexity index is 671. The van der Waals surface area contributed by atoms with Crippen LogP contribution < -0.4 is 11.1 Å². The van der Waals surface area contributed by atoms with Crippen LogP contribution in [0.25, 0.3) is 0 Å². The maximum atomic E-state index is 11.9. The molecule has 0 saturated heterocycles. The third kappa shape index (κ3) is 2.32. The molecule has 5 nitrogen and oxygen atoms in total. The molecule has 0 aliphatic heterocycles. The summed E-state index contributed by atoms with van der Waals surface area (Å²) in [6.45, 7) is 3.55. The van der Waals surface area contributed by atoms with E-state index in [1.807, 2.05) is 0 Å². The van der Waals surface area contributed by atoms with Gasteiger partial charge < -0.3 is 0 Å². The molecule has 0 unspecified atom stereocenters. The lowest BCUT2D eigenvalue weighted by atomic mass is 10.2. The first-order valence-electron chi connectivity index (χ1n) is 4.89. The highest BCUT2D eigenvalue weighted by molar-refractivity contribution is 7.15. The van der Waals surface area contributed by atoms with E-state index in [0.29, 0.717) is 15.6 Å². The zero-order valence-electron chi connectivity index (χ0n) is 9.28. The van der Waals surface area contributed by atoms with Crippen molar-refractivity contribution in [2.24, 2.45) is 0 Å². The van der Waals surface area contributed by atoms with Gasteiger partial charge in [-0.05, 0) is 13.8 Å². The van der Waals surface area contributed by atoms with Gasteiger partial charge in [0.1, 0.15) is 0 Å². The van der Waals surface area contributed by atoms with E-state index in [2.05, 4.69) is 10.1 Å². The fourth-order valence-corrected chi connectivity index (χ4v) is 2.38. The van der Waals surface area contributed by atoms with Crippen LogP contribution in [0.2, 0.25) is 4.47 Å². The van der Waals surface area contributed by atoms with Crippen LogP contribution in [0.1, 0.15) is 16.0 Å². The van der Waals surface area contributed by atoms with Crippen LogP contribution in [-0.4, -0.2) is 14.8 Å². The molecule has 2 aromatic heterocycles. The Hall–Kier alpha value is -1.40. The minimum atomic E-state index is -0.252. The summed E-state index contributed by atoms with van der Waals surface area (Å²) in [6, 6.07) is 0. The lowest BCUT2D eigenvalue weighted by Gasteiger charge is -2.06. The zero-order chi connectivity index (χ0) is 12.6. The number of hydrogen-bond donors (Lipinski definition) is 1. The molecule has 0 spiro atoms. The van der Waals surface area contributed by atoms with Gasteiger partial charge in [0, 0.05) is 22.2 Å². The van der Waals surface area contributed by atoms with Crippen molar-refractivity contribution in [3.8, 4) is 0 Å². The molecule has 0 amide bonds. The summed E-state index contributed by atoms with van der Waals surface area (Å²) in [4.78, 5) is 28.1. The zero-order valence-corrected chi connectivity index (χ0v) is 10.9. The Kier molecular flexibility index (Phi) is 3.17. The predicted octanol–water partition coefficient (Wildman–Crippen LogP) is 1.31. The molecule has 90 valence electrons. The van der Waals surface area contributed by atoms with Gasteiger partial charge in [-0.1, -0.05) is 11.6 Å². The fourth-order valence-electron chi connectivity index (χ4n) is 1.41. The van der Waals surface area contributed by atoms with Gasteiger partial charge in [-0.25, -0.2) is 9.67 Å². The van der Waals surface area contributed by atoms with Crippen LogP contribution >= 0.6 is 22.9 Å². The summed E-state index contributed by atoms with van der Waals surface area (Å²) >= 11 is 6.98. The molecule has 17 heavy (non-hydrogen) atoms. The lowest BCUT2D eigenvalue weighted by molar-refractivity contribution is 0.623. The molecule has 0 aromatic carbocycles. The summed E-state index contributed by atoms with van der Waals surface area (Å²) < 4.78 is 1.69. The fraction of sp³-hybridized carbons (Fsp3) is 0.300. The van der Waals surface area contributed by atoms with Gasteiger partial charge in [0.05, 0.1) is 6.54 Å². The molecule has 0 atom stereocenters. The molecule has 0 bridgehead atoms. The monoisotopic (exact) mass is 271 g/mol. The van der Waals surface area contributed by atoms with E-state index in [1.54, 1.807) is 20.0 Å². The van der Waals surface area contributed by atoms with Gasteiger partial charge in [0.25, 0.3) is 11.1 Å². The van der Waals surface area contributed by atoms with Gasteiger partial charge in [-0.2, -0.15) is 0 Å². The highest BCUT2D eigenvalue weighted by atomic mass is 35.5. The average Bonchev–Trinajstić information content (AvgIpc) is 2.69. The van der Waals surface area contributed by atoms with Crippen molar-refractivity contribution >= 4 is 22.9 Å². The Morgan fingerprint density at radius 2 is 2.12 bits per heavy atom. The van der Waals surface area contributed by atoms with Crippen molar-refractivity contribution in [1.29, 1.82) is 0 Å². The average molecular weight is 272 g/mol. The predicted molar refractivity (Wildman–Crippen MR) is 67.0 cm³/mol. The van der Waals surface area contributed by atoms with Crippen LogP contribution in [0, 0.1) is 13.8 Å². The van der Waals surface area contributed by atoms with E-state index < -0.39 is 0 Å². The van der Waals surface area contributed by atoms with E-state index >= 15 is 0 Å². The minimum Gasteiger partial charge on any atom is -0.268 e. The second kappa shape index (κ2) is 4.46. The van der Waals surface area contributed by atoms with Gasteiger partial charge in [-0.3, -0.25) is 14.7 Å². The van der Waals surface area contributed by atoms with Crippen molar-refractivity contribution in [1.82, 2.24) is 14.8 Å². The molecule has 2 rings (SSSR count). The summed E-state index contributed by atoms with van der Waals surface area (Å²) in [5, 5.41) is 2.53. The maximum absolute atomic E-state index is 11.9. The first-order valence-corrected chi connectivity index (χ1v) is 6.09. The third-order valence-electron chi connectivity index (χ3n) is 2.54. The topological polar surface area (TPSA) is 67.8 Å². The standard InChI is InChI=1S/C10H10ClN3O2S/c1-5-6(2)9(16)14(13-8(5)15)4-7-3-12-10(11)17-7/h3H,4H2,1-2H3,(H,13,15). The number of halogens is 1. The number of hydrogen-bond acceptors (Lipinski definition) is 4. The van der Waals surface area contributed by atoms with E-state index in [9.17, 15) is 9.59 Å². The number of H-pyrrole nitrogens is 1. The molecule has 0 fully saturated rings. The number of aromatic amines is 1. The number of rotatable bonds is 2. The highest BCUT2D eigenvalue weighted by Crippen LogP contribution is 2.17. The molecule has 7 heteroatoms. The molecule has 1 N–H and O–H groups in total. The molecular weight excluding hydrogens is 262 g/mol. The van der Waals surface area contributed by atoms with Crippen LogP contribution in [0.5, 0.6) is 0 Å². The number of nitrogens with one attached hydrogen (secondary N) is 1. The van der Waals surface area contributed by atoms with E-state index in [1.165, 1.54) is 16.0 Å². The van der Waals surface area contributed by atoms with Crippen molar-refractivity contribution < 1.29 is 0 Å². The Morgan fingerprint density at radius 3 is 2.71 bits per heavy atom. The Labute approximate surface area is 106 Å². The minimum absolute atomic E-state index is 0.202. The van der Waals surface area contributed by atoms with Crippen LogP contribution in [0.4, 0.5) is 0 Å². The Morgan fingerprint density at radius 1 is 1.41 bits per heavy atom. The SMILES string of the molecule is Cc1c(C)c(=O)n(Cc2cnc(Cl)s2)[nH]c1=O. The molecule has 0 radical (unpaired) electrons. The second-order valence-electron chi connectivity index (χ2n) is 3.66. The number of nitrogens with zero attached hydrogens (tertiary/aromatic N) is 2. The van der Waals surface area contributed by atoms with Gasteiger partial charge in [0.2, 0.25) is 0 Å². The van der Waals surface area contributed by atoms with Crippen molar-refractivity contribution in [2.45, 2.75) is 20.4 Å². The van der Waals surface area contributed by atoms with Crippen molar-refractivity contribution in [2.75, 3.05) is 0 Å². The van der Waals surface area contributed by atoms with Gasteiger partial charge in [0.15, 0.2) is 4.47 Å². The smallest absolute Gasteiger partial charge is 0.268 e. The first-order chi connectivity index (χ1) is 7.99. The van der Waals surface area contributed by atoms with Crippen molar-refractivity contribution in [3.63, 3.8) is 0 Å². The largest absolute Gasteiger partial charge is 0.268 e. The van der Waals surface area contributed by atoms with E-state index in [0.717, 1.165) is 4.88 Å². The number of thiazole rings is 1. The Balaban J connectivity index is 2.47. The molecular formula is C10H10ClN3O2S. The third-order valence-corrected chi connectivity index (χ3v) is 3.64. The lowest BCUT2D eigenvalue weighted by Crippen LogP contribution is -2.33. The quantitative estimate of drug-likeness (QED) is 0.895. The molecule has 0 aliphatic rings. The molecule has 2 heterocycles. The number of aromatic nitrogens is 3. The second-order valence-corrected chi connectivity index (χ2v) is 5.36. The summed E-state index contributed by atoms with van der Waals surface area (Å²) in [5.74, 6) is 0. The normalized spacial score (nSPS) is 10.8. The molecule has 0 aliphatic carbocycles. The summed E-state index contributed by atoms with van der Waals surface area (Å²) in [5.41, 5.74) is 0.460. The van der Waals surface area contributed by atoms with E-state index in [4.69, 9.17) is 11.6 Å². The summed E-state index contributed by atoms with van der Waals surface area (Å²) in [7, 11) is 0. The van der Waals surface area contributed by atoms with Crippen LogP contribution in [0.15, 0.2) is 15.8 Å². The van der Waals surface area contributed by atoms with Crippen LogP contribution in [0.3, 0.4) is 0 Å².